The Balaban J connectivity index is 1.70. The molecule has 5 aromatic rings. The number of hydrogen-bond acceptors (Lipinski definition) is 9. The van der Waals surface area contributed by atoms with Crippen LogP contribution < -0.4 is 10.5 Å². The molecule has 5 rings (SSSR count). The Morgan fingerprint density at radius 1 is 1.00 bits per heavy atom. The van der Waals surface area contributed by atoms with E-state index < -0.39 is 0 Å². The zero-order chi connectivity index (χ0) is 21.9. The molecule has 4 aromatic heterocycles. The van der Waals surface area contributed by atoms with Crippen LogP contribution in [0.2, 0.25) is 0 Å². The van der Waals surface area contributed by atoms with E-state index in [0.29, 0.717) is 45.4 Å². The van der Waals surface area contributed by atoms with Crippen LogP contribution in [-0.4, -0.2) is 34.5 Å². The molecule has 0 saturated heterocycles. The minimum Gasteiger partial charge on any atom is -0.469 e. The van der Waals surface area contributed by atoms with Crippen molar-refractivity contribution >= 4 is 11.6 Å². The van der Waals surface area contributed by atoms with Gasteiger partial charge in [0.2, 0.25) is 11.8 Å². The molecule has 154 valence electrons. The molecule has 0 fully saturated rings. The number of nitrogens with zero attached hydrogens (tertiary/aromatic N) is 8. The predicted octanol–water partition coefficient (Wildman–Crippen LogP) is 2.68. The van der Waals surface area contributed by atoms with E-state index >= 15 is 0 Å². The Morgan fingerprint density at radius 2 is 1.88 bits per heavy atom. The average Bonchev–Trinajstić information content (AvgIpc) is 3.28. The molecule has 2 N–H and O–H groups in total. The van der Waals surface area contributed by atoms with Gasteiger partial charge >= 0.3 is 0 Å². The van der Waals surface area contributed by atoms with Crippen LogP contribution in [0.1, 0.15) is 11.4 Å². The van der Waals surface area contributed by atoms with Crippen molar-refractivity contribution in [2.24, 2.45) is 0 Å². The normalized spacial score (nSPS) is 10.7. The number of ether oxygens (including phenoxy) is 1. The van der Waals surface area contributed by atoms with Crippen LogP contribution in [-0.2, 0) is 6.61 Å². The summed E-state index contributed by atoms with van der Waals surface area (Å²) in [6, 6.07) is 16.5. The molecule has 0 atom stereocenters. The summed E-state index contributed by atoms with van der Waals surface area (Å²) in [5, 5.41) is 14.1. The highest BCUT2D eigenvalue weighted by Gasteiger charge is 2.22. The summed E-state index contributed by atoms with van der Waals surface area (Å²) in [6.07, 6.45) is 4.70. The van der Waals surface area contributed by atoms with Gasteiger partial charge in [0.15, 0.2) is 18.1 Å². The molecule has 0 unspecified atom stereocenters. The van der Waals surface area contributed by atoms with Gasteiger partial charge in [0.05, 0.1) is 28.6 Å². The third-order valence-electron chi connectivity index (χ3n) is 4.68. The quantitative estimate of drug-likeness (QED) is 0.453. The van der Waals surface area contributed by atoms with Crippen LogP contribution in [0.15, 0.2) is 67.3 Å². The second-order valence-corrected chi connectivity index (χ2v) is 6.67. The number of aromatic nitrogens is 7. The lowest BCUT2D eigenvalue weighted by atomic mass is 9.99. The van der Waals surface area contributed by atoms with Crippen molar-refractivity contribution in [3.05, 3.63) is 78.6 Å². The maximum Gasteiger partial charge on any atom is 0.223 e. The van der Waals surface area contributed by atoms with Crippen molar-refractivity contribution in [1.29, 1.82) is 5.26 Å². The van der Waals surface area contributed by atoms with Crippen LogP contribution in [0.5, 0.6) is 5.88 Å². The Kier molecular flexibility index (Phi) is 4.82. The fourth-order valence-corrected chi connectivity index (χ4v) is 3.29. The van der Waals surface area contributed by atoms with Gasteiger partial charge < -0.3 is 10.5 Å². The lowest BCUT2D eigenvalue weighted by Crippen LogP contribution is -2.07. The van der Waals surface area contributed by atoms with E-state index in [1.54, 1.807) is 42.7 Å². The SMILES string of the molecule is N#Cc1ccccc1-c1nc(N)n2nc(COc3ccccn3)nc2c1-c1ccncn1. The first kappa shape index (κ1) is 19.1. The number of rotatable bonds is 5. The predicted molar refractivity (Wildman–Crippen MR) is 115 cm³/mol. The summed E-state index contributed by atoms with van der Waals surface area (Å²) >= 11 is 0. The minimum atomic E-state index is 0.0888. The molecule has 0 spiro atoms. The molecule has 0 aliphatic rings. The van der Waals surface area contributed by atoms with Crippen molar-refractivity contribution in [3.63, 3.8) is 0 Å². The number of benzene rings is 1. The standard InChI is InChI=1S/C22H15N9O/c23-11-14-5-1-2-6-15(14)20-19(16-8-10-25-13-27-16)21-28-17(30-31(21)22(24)29-20)12-32-18-7-3-4-9-26-18/h1-10,13H,12H2,(H2,24,29). The Labute approximate surface area is 182 Å². The number of pyridine rings is 1. The molecular formula is C22H15N9O. The van der Waals surface area contributed by atoms with E-state index in [-0.39, 0.29) is 12.6 Å². The smallest absolute Gasteiger partial charge is 0.223 e. The Morgan fingerprint density at radius 3 is 2.66 bits per heavy atom. The summed E-state index contributed by atoms with van der Waals surface area (Å²) in [5.41, 5.74) is 9.39. The topological polar surface area (TPSA) is 141 Å². The zero-order valence-electron chi connectivity index (χ0n) is 16.6. The van der Waals surface area contributed by atoms with Gasteiger partial charge in [0.1, 0.15) is 6.33 Å². The Hall–Kier alpha value is -4.91. The highest BCUT2D eigenvalue weighted by atomic mass is 16.5. The summed E-state index contributed by atoms with van der Waals surface area (Å²) in [6.45, 7) is 0.0888. The number of nitriles is 1. The molecule has 0 bridgehead atoms. The van der Waals surface area contributed by atoms with Crippen LogP contribution in [0, 0.1) is 11.3 Å². The van der Waals surface area contributed by atoms with E-state index in [0.717, 1.165) is 0 Å². The van der Waals surface area contributed by atoms with Crippen molar-refractivity contribution in [2.75, 3.05) is 5.73 Å². The molecule has 0 radical (unpaired) electrons. The zero-order valence-corrected chi connectivity index (χ0v) is 16.6. The van der Waals surface area contributed by atoms with Gasteiger partial charge in [0.25, 0.3) is 0 Å². The van der Waals surface area contributed by atoms with Crippen molar-refractivity contribution in [3.8, 4) is 34.5 Å². The second kappa shape index (κ2) is 8.08. The third kappa shape index (κ3) is 3.44. The molecule has 0 aliphatic heterocycles. The van der Waals surface area contributed by atoms with Gasteiger partial charge in [-0.25, -0.2) is 24.9 Å². The van der Waals surface area contributed by atoms with Crippen LogP contribution in [0.4, 0.5) is 5.95 Å². The molecule has 0 saturated carbocycles. The van der Waals surface area contributed by atoms with Crippen molar-refractivity contribution in [2.45, 2.75) is 6.61 Å². The number of anilines is 1. The lowest BCUT2D eigenvalue weighted by Gasteiger charge is -2.12. The summed E-state index contributed by atoms with van der Waals surface area (Å²) in [4.78, 5) is 21.7. The van der Waals surface area contributed by atoms with Gasteiger partial charge in [-0.15, -0.1) is 5.10 Å². The Bertz CT molecular complexity index is 1440. The van der Waals surface area contributed by atoms with E-state index in [4.69, 9.17) is 10.5 Å². The fraction of sp³-hybridized carbons (Fsp3) is 0.0455. The molecule has 10 heteroatoms. The van der Waals surface area contributed by atoms with Gasteiger partial charge in [-0.3, -0.25) is 0 Å². The highest BCUT2D eigenvalue weighted by Crippen LogP contribution is 2.35. The number of hydrogen-bond donors (Lipinski definition) is 1. The van der Waals surface area contributed by atoms with Crippen LogP contribution >= 0.6 is 0 Å². The molecule has 0 amide bonds. The van der Waals surface area contributed by atoms with Crippen molar-refractivity contribution < 1.29 is 4.74 Å². The monoisotopic (exact) mass is 421 g/mol. The average molecular weight is 421 g/mol. The van der Waals surface area contributed by atoms with Gasteiger partial charge in [0, 0.05) is 24.0 Å². The van der Waals surface area contributed by atoms with Crippen molar-refractivity contribution in [1.82, 2.24) is 34.5 Å². The van der Waals surface area contributed by atoms with E-state index in [1.807, 2.05) is 18.2 Å². The van der Waals surface area contributed by atoms with Gasteiger partial charge in [-0.1, -0.05) is 24.3 Å². The summed E-state index contributed by atoms with van der Waals surface area (Å²) in [7, 11) is 0. The minimum absolute atomic E-state index is 0.0888. The van der Waals surface area contributed by atoms with E-state index in [1.165, 1.54) is 10.8 Å². The van der Waals surface area contributed by atoms with Crippen LogP contribution in [0.3, 0.4) is 0 Å². The second-order valence-electron chi connectivity index (χ2n) is 6.67. The number of nitrogens with two attached hydrogens (primary N) is 1. The highest BCUT2D eigenvalue weighted by molar-refractivity contribution is 5.90. The maximum atomic E-state index is 9.62. The first-order valence-electron chi connectivity index (χ1n) is 9.59. The maximum absolute atomic E-state index is 9.62. The first-order valence-corrected chi connectivity index (χ1v) is 9.59. The van der Waals surface area contributed by atoms with E-state index in [2.05, 4.69) is 36.1 Å². The molecule has 32 heavy (non-hydrogen) atoms. The molecule has 1 aromatic carbocycles. The first-order chi connectivity index (χ1) is 15.7. The molecule has 0 aliphatic carbocycles. The fourth-order valence-electron chi connectivity index (χ4n) is 3.29. The molecule has 10 nitrogen and oxygen atoms in total. The van der Waals surface area contributed by atoms with Crippen LogP contribution in [0.25, 0.3) is 28.2 Å². The van der Waals surface area contributed by atoms with Gasteiger partial charge in [-0.2, -0.15) is 9.78 Å². The molecule has 4 heterocycles. The molecular weight excluding hydrogens is 406 g/mol. The largest absolute Gasteiger partial charge is 0.469 e. The van der Waals surface area contributed by atoms with Gasteiger partial charge in [-0.05, 0) is 18.2 Å². The summed E-state index contributed by atoms with van der Waals surface area (Å²) < 4.78 is 7.12. The third-order valence-corrected chi connectivity index (χ3v) is 4.68. The number of fused-ring (bicyclic) bond motifs is 1. The summed E-state index contributed by atoms with van der Waals surface area (Å²) in [5.74, 6) is 0.972. The lowest BCUT2D eigenvalue weighted by molar-refractivity contribution is 0.284. The van der Waals surface area contributed by atoms with E-state index in [9.17, 15) is 5.26 Å². The number of nitrogen functional groups attached to an aromatic ring is 1.